The Morgan fingerprint density at radius 3 is 2.70 bits per heavy atom. The predicted octanol–water partition coefficient (Wildman–Crippen LogP) is 4.08. The van der Waals surface area contributed by atoms with Crippen molar-refractivity contribution in [3.8, 4) is 11.8 Å². The van der Waals surface area contributed by atoms with E-state index in [1.54, 1.807) is 6.07 Å². The van der Waals surface area contributed by atoms with Crippen LogP contribution in [0, 0.1) is 0 Å². The lowest BCUT2D eigenvalue weighted by Crippen LogP contribution is -2.23. The van der Waals surface area contributed by atoms with Gasteiger partial charge in [0, 0.05) is 11.8 Å². The van der Waals surface area contributed by atoms with Crippen molar-refractivity contribution >= 4 is 0 Å². The highest BCUT2D eigenvalue weighted by atomic mass is 16.6. The molecule has 1 aliphatic heterocycles. The number of benzene rings is 1. The minimum atomic E-state index is -0.232. The quantitative estimate of drug-likeness (QED) is 0.771. The van der Waals surface area contributed by atoms with Crippen molar-refractivity contribution in [3.63, 3.8) is 0 Å². The first-order valence-electron chi connectivity index (χ1n) is 10.2. The number of ether oxygens (including phenoxy) is 2. The Morgan fingerprint density at radius 2 is 1.96 bits per heavy atom. The fourth-order valence-corrected chi connectivity index (χ4v) is 4.22. The molecule has 2 aromatic rings. The highest BCUT2D eigenvalue weighted by molar-refractivity contribution is 5.29. The molecule has 1 unspecified atom stereocenters. The molecular weight excluding hydrogens is 340 g/mol. The van der Waals surface area contributed by atoms with Crippen LogP contribution in [0.4, 0.5) is 0 Å². The Labute approximate surface area is 160 Å². The van der Waals surface area contributed by atoms with Gasteiger partial charge in [0.15, 0.2) is 6.10 Å². The average molecular weight is 368 g/mol. The highest BCUT2D eigenvalue weighted by Crippen LogP contribution is 2.33. The van der Waals surface area contributed by atoms with Gasteiger partial charge in [-0.25, -0.2) is 0 Å². The summed E-state index contributed by atoms with van der Waals surface area (Å²) in [5, 5.41) is 0. The summed E-state index contributed by atoms with van der Waals surface area (Å²) in [7, 11) is 0. The van der Waals surface area contributed by atoms with Crippen LogP contribution < -0.4 is 15.0 Å². The Hall–Kier alpha value is -2.30. The zero-order valence-electron chi connectivity index (χ0n) is 16.0. The lowest BCUT2D eigenvalue weighted by molar-refractivity contribution is 0.143. The van der Waals surface area contributed by atoms with Crippen LogP contribution in [0.15, 0.2) is 35.1 Å². The third-order valence-electron chi connectivity index (χ3n) is 5.63. The van der Waals surface area contributed by atoms with E-state index in [0.717, 1.165) is 24.3 Å². The van der Waals surface area contributed by atoms with Crippen molar-refractivity contribution in [1.29, 1.82) is 0 Å². The number of aryl methyl sites for hydroxylation is 1. The van der Waals surface area contributed by atoms with Crippen molar-refractivity contribution in [3.05, 3.63) is 51.9 Å². The van der Waals surface area contributed by atoms with Gasteiger partial charge in [-0.3, -0.25) is 9.36 Å². The first-order valence-corrected chi connectivity index (χ1v) is 10.2. The van der Waals surface area contributed by atoms with Crippen LogP contribution in [-0.4, -0.2) is 22.3 Å². The number of rotatable bonds is 6. The minimum absolute atomic E-state index is 0.118. The molecular formula is C22H28N2O3. The molecule has 1 saturated carbocycles. The van der Waals surface area contributed by atoms with Crippen molar-refractivity contribution in [1.82, 2.24) is 9.55 Å². The lowest BCUT2D eigenvalue weighted by atomic mass is 9.84. The molecule has 0 saturated heterocycles. The molecule has 0 radical (unpaired) electrons. The maximum absolute atomic E-state index is 11.7. The van der Waals surface area contributed by atoms with E-state index in [-0.39, 0.29) is 11.7 Å². The van der Waals surface area contributed by atoms with Gasteiger partial charge in [0.1, 0.15) is 12.4 Å². The summed E-state index contributed by atoms with van der Waals surface area (Å²) in [4.78, 5) is 15.7. The number of hydrogen-bond donors (Lipinski definition) is 0. The molecule has 4 rings (SSSR count). The molecule has 0 bridgehead atoms. The first kappa shape index (κ1) is 18.1. The van der Waals surface area contributed by atoms with E-state index in [1.807, 2.05) is 4.57 Å². The summed E-state index contributed by atoms with van der Waals surface area (Å²) in [5.74, 6) is 1.58. The topological polar surface area (TPSA) is 53.4 Å². The maximum Gasteiger partial charge on any atom is 0.300 e. The molecule has 2 heterocycles. The highest BCUT2D eigenvalue weighted by Gasteiger charge is 2.26. The van der Waals surface area contributed by atoms with E-state index in [2.05, 4.69) is 36.2 Å². The average Bonchev–Trinajstić information content (AvgIpc) is 3.11. The Morgan fingerprint density at radius 1 is 1.19 bits per heavy atom. The summed E-state index contributed by atoms with van der Waals surface area (Å²) in [6, 6.07) is 10.6. The van der Waals surface area contributed by atoms with E-state index in [1.165, 1.54) is 37.7 Å². The van der Waals surface area contributed by atoms with Gasteiger partial charge >= 0.3 is 0 Å². The Kier molecular flexibility index (Phi) is 5.46. The SMILES string of the molecule is CCCc1cc(=O)nc2n1CC(COc1ccc(C3CCCCC3)cc1)O2. The van der Waals surface area contributed by atoms with Crippen molar-refractivity contribution < 1.29 is 9.47 Å². The predicted molar refractivity (Wildman–Crippen MR) is 105 cm³/mol. The molecule has 1 aromatic carbocycles. The van der Waals surface area contributed by atoms with Crippen molar-refractivity contribution in [2.45, 2.75) is 70.4 Å². The third kappa shape index (κ3) is 4.18. The number of aromatic nitrogens is 2. The van der Waals surface area contributed by atoms with Crippen LogP contribution in [0.1, 0.15) is 62.6 Å². The largest absolute Gasteiger partial charge is 0.490 e. The molecule has 0 N–H and O–H groups in total. The maximum atomic E-state index is 11.7. The van der Waals surface area contributed by atoms with Gasteiger partial charge in [0.2, 0.25) is 0 Å². The second-order valence-corrected chi connectivity index (χ2v) is 7.68. The zero-order valence-corrected chi connectivity index (χ0v) is 16.0. The van der Waals surface area contributed by atoms with E-state index in [0.29, 0.717) is 25.1 Å². The van der Waals surface area contributed by atoms with Gasteiger partial charge in [-0.2, -0.15) is 4.98 Å². The van der Waals surface area contributed by atoms with E-state index in [4.69, 9.17) is 9.47 Å². The fraction of sp³-hybridized carbons (Fsp3) is 0.545. The van der Waals surface area contributed by atoms with Crippen LogP contribution in [0.3, 0.4) is 0 Å². The molecule has 0 amide bonds. The molecule has 1 aromatic heterocycles. The van der Waals surface area contributed by atoms with E-state index < -0.39 is 0 Å². The second-order valence-electron chi connectivity index (χ2n) is 7.68. The molecule has 1 fully saturated rings. The van der Waals surface area contributed by atoms with Crippen molar-refractivity contribution in [2.75, 3.05) is 6.61 Å². The van der Waals surface area contributed by atoms with E-state index >= 15 is 0 Å². The van der Waals surface area contributed by atoms with Crippen LogP contribution >= 0.6 is 0 Å². The van der Waals surface area contributed by atoms with Crippen LogP contribution in [0.5, 0.6) is 11.8 Å². The third-order valence-corrected chi connectivity index (χ3v) is 5.63. The van der Waals surface area contributed by atoms with Crippen molar-refractivity contribution in [2.24, 2.45) is 0 Å². The molecule has 5 heteroatoms. The van der Waals surface area contributed by atoms with Gasteiger partial charge in [-0.05, 0) is 42.9 Å². The normalized spacial score (nSPS) is 19.5. The Balaban J connectivity index is 1.35. The minimum Gasteiger partial charge on any atom is -0.490 e. The number of nitrogens with zero attached hydrogens (tertiary/aromatic N) is 2. The standard InChI is InChI=1S/C22H28N2O3/c1-2-6-18-13-21(25)23-22-24(18)14-20(27-22)15-26-19-11-9-17(10-12-19)16-7-4-3-5-8-16/h9-13,16,20H,2-8,14-15H2,1H3. The van der Waals surface area contributed by atoms with E-state index in [9.17, 15) is 4.79 Å². The Bertz CT molecular complexity index is 822. The van der Waals surface area contributed by atoms with Crippen LogP contribution in [0.2, 0.25) is 0 Å². The molecule has 144 valence electrons. The van der Waals surface area contributed by atoms with Gasteiger partial charge in [-0.15, -0.1) is 0 Å². The number of hydrogen-bond acceptors (Lipinski definition) is 4. The number of fused-ring (bicyclic) bond motifs is 1. The van der Waals surface area contributed by atoms with Crippen LogP contribution in [0.25, 0.3) is 0 Å². The van der Waals surface area contributed by atoms with Gasteiger partial charge in [0.25, 0.3) is 11.6 Å². The lowest BCUT2D eigenvalue weighted by Gasteiger charge is -2.22. The van der Waals surface area contributed by atoms with Crippen LogP contribution in [-0.2, 0) is 13.0 Å². The molecule has 27 heavy (non-hydrogen) atoms. The summed E-state index contributed by atoms with van der Waals surface area (Å²) >= 11 is 0. The monoisotopic (exact) mass is 368 g/mol. The van der Waals surface area contributed by atoms with Gasteiger partial charge < -0.3 is 9.47 Å². The smallest absolute Gasteiger partial charge is 0.300 e. The summed E-state index contributed by atoms with van der Waals surface area (Å²) in [6.07, 6.45) is 8.40. The molecule has 2 aliphatic rings. The zero-order chi connectivity index (χ0) is 18.6. The summed E-state index contributed by atoms with van der Waals surface area (Å²) in [5.41, 5.74) is 2.19. The van der Waals surface area contributed by atoms with Gasteiger partial charge in [-0.1, -0.05) is 44.7 Å². The molecule has 1 aliphatic carbocycles. The fourth-order valence-electron chi connectivity index (χ4n) is 4.22. The molecule has 1 atom stereocenters. The second kappa shape index (κ2) is 8.15. The molecule has 5 nitrogen and oxygen atoms in total. The summed E-state index contributed by atoms with van der Waals surface area (Å²) in [6.45, 7) is 3.23. The van der Waals surface area contributed by atoms with Gasteiger partial charge in [0.05, 0.1) is 6.54 Å². The molecule has 0 spiro atoms. The summed E-state index contributed by atoms with van der Waals surface area (Å²) < 4.78 is 13.8. The first-order chi connectivity index (χ1) is 13.2.